The lowest BCUT2D eigenvalue weighted by Crippen LogP contribution is -2.07. The highest BCUT2D eigenvalue weighted by Gasteiger charge is 2.22. The smallest absolute Gasteiger partial charge is 0.151 e. The van der Waals surface area contributed by atoms with Gasteiger partial charge >= 0.3 is 0 Å². The first-order chi connectivity index (χ1) is 12.1. The number of hydrogen-bond donors (Lipinski definition) is 2. The Labute approximate surface area is 145 Å². The van der Waals surface area contributed by atoms with E-state index in [0.29, 0.717) is 23.1 Å². The highest BCUT2D eigenvalue weighted by Crippen LogP contribution is 2.27. The van der Waals surface area contributed by atoms with Gasteiger partial charge in [0.2, 0.25) is 0 Å². The number of nitrogens with zero attached hydrogens (tertiary/aromatic N) is 5. The number of hydrogen-bond acceptors (Lipinski definition) is 6. The first kappa shape index (κ1) is 15.7. The minimum Gasteiger partial charge on any atom is -0.390 e. The molecule has 0 radical (unpaired) electrons. The molecule has 3 aromatic heterocycles. The number of aryl methyl sites for hydroxylation is 2. The molecule has 128 valence electrons. The lowest BCUT2D eigenvalue weighted by Gasteiger charge is -2.11. The molecule has 3 aromatic rings. The maximum Gasteiger partial charge on any atom is 0.151 e. The van der Waals surface area contributed by atoms with E-state index in [9.17, 15) is 5.11 Å². The van der Waals surface area contributed by atoms with Crippen molar-refractivity contribution in [1.82, 2.24) is 24.7 Å². The molecule has 0 atom stereocenters. The Balaban J connectivity index is 1.67. The van der Waals surface area contributed by atoms with Crippen LogP contribution in [0, 0.1) is 13.8 Å². The van der Waals surface area contributed by atoms with Gasteiger partial charge in [0.15, 0.2) is 5.82 Å². The Morgan fingerprint density at radius 1 is 1.20 bits per heavy atom. The van der Waals surface area contributed by atoms with Crippen LogP contribution in [0.4, 0.5) is 5.82 Å². The van der Waals surface area contributed by atoms with Crippen LogP contribution in [-0.4, -0.2) is 35.9 Å². The maximum atomic E-state index is 9.72. The van der Waals surface area contributed by atoms with Crippen molar-refractivity contribution in [2.75, 3.05) is 5.32 Å². The monoisotopic (exact) mass is 336 g/mol. The fourth-order valence-electron chi connectivity index (χ4n) is 2.71. The zero-order chi connectivity index (χ0) is 17.4. The molecular weight excluding hydrogens is 316 g/mol. The summed E-state index contributed by atoms with van der Waals surface area (Å²) in [6.45, 7) is 3.78. The zero-order valence-electron chi connectivity index (χ0n) is 14.3. The third-order valence-electron chi connectivity index (χ3n) is 4.25. The van der Waals surface area contributed by atoms with Gasteiger partial charge < -0.3 is 15.0 Å². The molecule has 1 aliphatic rings. The summed E-state index contributed by atoms with van der Waals surface area (Å²) in [4.78, 5) is 8.79. The minimum atomic E-state index is -0.159. The number of imidazole rings is 1. The maximum absolute atomic E-state index is 9.72. The Bertz CT molecular complexity index is 916. The van der Waals surface area contributed by atoms with Gasteiger partial charge in [-0.05, 0) is 50.5 Å². The second-order valence-corrected chi connectivity index (χ2v) is 6.42. The normalized spacial score (nSPS) is 13.9. The summed E-state index contributed by atoms with van der Waals surface area (Å²) < 4.78 is 1.86. The number of anilines is 1. The molecule has 1 fully saturated rings. The van der Waals surface area contributed by atoms with Crippen LogP contribution in [-0.2, 0) is 6.61 Å². The van der Waals surface area contributed by atoms with E-state index < -0.39 is 0 Å². The molecule has 0 saturated heterocycles. The van der Waals surface area contributed by atoms with E-state index in [2.05, 4.69) is 25.5 Å². The van der Waals surface area contributed by atoms with Crippen LogP contribution in [0.2, 0.25) is 0 Å². The Kier molecular flexibility index (Phi) is 3.93. The van der Waals surface area contributed by atoms with Crippen molar-refractivity contribution in [3.63, 3.8) is 0 Å². The second kappa shape index (κ2) is 6.25. The van der Waals surface area contributed by atoms with Crippen molar-refractivity contribution in [2.45, 2.75) is 39.3 Å². The summed E-state index contributed by atoms with van der Waals surface area (Å²) in [5, 5.41) is 21.7. The Hall–Kier alpha value is -2.80. The van der Waals surface area contributed by atoms with E-state index in [1.807, 2.05) is 42.8 Å². The molecule has 0 amide bonds. The summed E-state index contributed by atoms with van der Waals surface area (Å²) in [5.41, 5.74) is 4.73. The van der Waals surface area contributed by atoms with Crippen LogP contribution in [0.25, 0.3) is 17.1 Å². The van der Waals surface area contributed by atoms with Gasteiger partial charge in [-0.2, -0.15) is 0 Å². The standard InChI is InChI=1S/C18H20N6O/c1-11-7-15(22-23-18(11)20-13-3-4-13)14-5-6-17(16(9-25)21-14)24-8-12(2)19-10-24/h5-8,10,13,25H,3-4,9H2,1-2H3,(H,20,23). The van der Waals surface area contributed by atoms with Crippen LogP contribution in [0.5, 0.6) is 0 Å². The zero-order valence-corrected chi connectivity index (χ0v) is 14.3. The number of rotatable bonds is 5. The van der Waals surface area contributed by atoms with Gasteiger partial charge in [0.1, 0.15) is 5.69 Å². The van der Waals surface area contributed by atoms with E-state index in [1.165, 1.54) is 12.8 Å². The van der Waals surface area contributed by atoms with Gasteiger partial charge in [-0.25, -0.2) is 9.97 Å². The quantitative estimate of drug-likeness (QED) is 0.744. The predicted octanol–water partition coefficient (Wildman–Crippen LogP) is 2.41. The molecular formula is C18H20N6O. The largest absolute Gasteiger partial charge is 0.390 e. The molecule has 4 rings (SSSR count). The number of aliphatic hydroxyl groups excluding tert-OH is 1. The molecule has 0 bridgehead atoms. The van der Waals surface area contributed by atoms with Crippen LogP contribution in [0.3, 0.4) is 0 Å². The van der Waals surface area contributed by atoms with Crippen LogP contribution in [0.1, 0.15) is 29.8 Å². The first-order valence-electron chi connectivity index (χ1n) is 8.37. The third-order valence-corrected chi connectivity index (χ3v) is 4.25. The molecule has 1 aliphatic carbocycles. The summed E-state index contributed by atoms with van der Waals surface area (Å²) in [6.07, 6.45) is 6.00. The van der Waals surface area contributed by atoms with Gasteiger partial charge in [-0.15, -0.1) is 10.2 Å². The van der Waals surface area contributed by atoms with Crippen molar-refractivity contribution in [3.8, 4) is 17.1 Å². The van der Waals surface area contributed by atoms with Gasteiger partial charge in [0.05, 0.1) is 35.7 Å². The predicted molar refractivity (Wildman–Crippen MR) is 94.4 cm³/mol. The SMILES string of the molecule is Cc1cn(-c2ccc(-c3cc(C)c(NC4CC4)nn3)nc2CO)cn1. The van der Waals surface area contributed by atoms with Crippen molar-refractivity contribution < 1.29 is 5.11 Å². The van der Waals surface area contributed by atoms with E-state index in [4.69, 9.17) is 0 Å². The summed E-state index contributed by atoms with van der Waals surface area (Å²) in [6, 6.07) is 6.32. The summed E-state index contributed by atoms with van der Waals surface area (Å²) in [5.74, 6) is 0.833. The minimum absolute atomic E-state index is 0.159. The molecule has 0 spiro atoms. The van der Waals surface area contributed by atoms with Gasteiger partial charge in [0.25, 0.3) is 0 Å². The van der Waals surface area contributed by atoms with E-state index in [1.54, 1.807) is 6.33 Å². The van der Waals surface area contributed by atoms with Gasteiger partial charge in [-0.3, -0.25) is 0 Å². The lowest BCUT2D eigenvalue weighted by molar-refractivity contribution is 0.276. The van der Waals surface area contributed by atoms with E-state index in [0.717, 1.165) is 22.8 Å². The molecule has 7 heteroatoms. The van der Waals surface area contributed by atoms with Crippen molar-refractivity contribution in [3.05, 3.63) is 47.7 Å². The van der Waals surface area contributed by atoms with E-state index in [-0.39, 0.29) is 6.61 Å². The topological polar surface area (TPSA) is 88.8 Å². The number of aromatic nitrogens is 5. The lowest BCUT2D eigenvalue weighted by atomic mass is 10.2. The average Bonchev–Trinajstić information content (AvgIpc) is 3.34. The Morgan fingerprint density at radius 3 is 2.68 bits per heavy atom. The molecule has 7 nitrogen and oxygen atoms in total. The Morgan fingerprint density at radius 2 is 2.04 bits per heavy atom. The number of aliphatic hydroxyl groups is 1. The second-order valence-electron chi connectivity index (χ2n) is 6.42. The van der Waals surface area contributed by atoms with Gasteiger partial charge in [-0.1, -0.05) is 0 Å². The molecule has 1 saturated carbocycles. The van der Waals surface area contributed by atoms with Gasteiger partial charge in [0, 0.05) is 12.2 Å². The van der Waals surface area contributed by atoms with Crippen LogP contribution in [0.15, 0.2) is 30.7 Å². The van der Waals surface area contributed by atoms with Crippen LogP contribution < -0.4 is 5.32 Å². The highest BCUT2D eigenvalue weighted by atomic mass is 16.3. The number of nitrogens with one attached hydrogen (secondary N) is 1. The third kappa shape index (κ3) is 3.23. The molecule has 0 unspecified atom stereocenters. The molecule has 2 N–H and O–H groups in total. The van der Waals surface area contributed by atoms with Crippen molar-refractivity contribution >= 4 is 5.82 Å². The fourth-order valence-corrected chi connectivity index (χ4v) is 2.71. The first-order valence-corrected chi connectivity index (χ1v) is 8.37. The molecule has 0 aliphatic heterocycles. The average molecular weight is 336 g/mol. The number of pyridine rings is 1. The highest BCUT2D eigenvalue weighted by molar-refractivity contribution is 5.60. The summed E-state index contributed by atoms with van der Waals surface area (Å²) in [7, 11) is 0. The van der Waals surface area contributed by atoms with Crippen molar-refractivity contribution in [1.29, 1.82) is 0 Å². The fraction of sp³-hybridized carbons (Fsp3) is 0.333. The van der Waals surface area contributed by atoms with Crippen LogP contribution >= 0.6 is 0 Å². The summed E-state index contributed by atoms with van der Waals surface area (Å²) >= 11 is 0. The van der Waals surface area contributed by atoms with E-state index >= 15 is 0 Å². The molecule has 25 heavy (non-hydrogen) atoms. The molecule has 0 aromatic carbocycles. The molecule has 3 heterocycles. The van der Waals surface area contributed by atoms with Crippen molar-refractivity contribution in [2.24, 2.45) is 0 Å².